The highest BCUT2D eigenvalue weighted by Gasteiger charge is 2.33. The van der Waals surface area contributed by atoms with Crippen LogP contribution in [0.25, 0.3) is 21.8 Å². The first-order chi connectivity index (χ1) is 19.4. The van der Waals surface area contributed by atoms with Crippen LogP contribution >= 0.6 is 15.9 Å². The summed E-state index contributed by atoms with van der Waals surface area (Å²) in [6.07, 6.45) is 1.63. The van der Waals surface area contributed by atoms with E-state index in [4.69, 9.17) is 9.47 Å². The number of halogens is 2. The van der Waals surface area contributed by atoms with Crippen LogP contribution in [0.5, 0.6) is 5.88 Å². The van der Waals surface area contributed by atoms with Gasteiger partial charge >= 0.3 is 6.09 Å². The second-order valence-electron chi connectivity index (χ2n) is 11.5. The molecule has 9 nitrogen and oxygen atoms in total. The molecule has 1 atom stereocenters. The third kappa shape index (κ3) is 6.43. The topological polar surface area (TPSA) is 101 Å². The molecule has 41 heavy (non-hydrogen) atoms. The molecule has 0 radical (unpaired) electrons. The number of carbonyl (C=O) groups is 2. The summed E-state index contributed by atoms with van der Waals surface area (Å²) in [7, 11) is 3.45. The number of nitriles is 1. The predicted molar refractivity (Wildman–Crippen MR) is 158 cm³/mol. The number of nitrogens with zero attached hydrogens (tertiary/aromatic N) is 5. The van der Waals surface area contributed by atoms with Crippen molar-refractivity contribution in [1.82, 2.24) is 19.4 Å². The van der Waals surface area contributed by atoms with Gasteiger partial charge in [-0.15, -0.1) is 0 Å². The first kappa shape index (κ1) is 30.6. The van der Waals surface area contributed by atoms with Crippen LogP contribution in [0.3, 0.4) is 0 Å². The number of aryl methyl sites for hydroxylation is 2. The van der Waals surface area contributed by atoms with E-state index in [9.17, 15) is 14.9 Å². The fraction of sp³-hybridized carbons (Fsp3) is 0.533. The van der Waals surface area contributed by atoms with Gasteiger partial charge in [-0.3, -0.25) is 4.79 Å². The molecule has 2 aromatic heterocycles. The van der Waals surface area contributed by atoms with Crippen molar-refractivity contribution >= 4 is 49.7 Å². The van der Waals surface area contributed by atoms with E-state index < -0.39 is 11.4 Å². The fourth-order valence-electron chi connectivity index (χ4n) is 5.27. The van der Waals surface area contributed by atoms with E-state index in [0.29, 0.717) is 55.8 Å². The first-order valence-electron chi connectivity index (χ1n) is 13.9. The number of ether oxygens (including phenoxy) is 2. The van der Waals surface area contributed by atoms with Crippen molar-refractivity contribution in [2.75, 3.05) is 33.8 Å². The maximum absolute atomic E-state index is 15.8. The van der Waals surface area contributed by atoms with Gasteiger partial charge in [0.2, 0.25) is 11.8 Å². The van der Waals surface area contributed by atoms with Crippen molar-refractivity contribution in [2.45, 2.75) is 71.4 Å². The molecule has 0 saturated carbocycles. The highest BCUT2D eigenvalue weighted by atomic mass is 79.9. The third-order valence-electron chi connectivity index (χ3n) is 7.13. The van der Waals surface area contributed by atoms with E-state index in [1.54, 1.807) is 23.9 Å². The van der Waals surface area contributed by atoms with Crippen molar-refractivity contribution in [3.8, 4) is 11.9 Å². The van der Waals surface area contributed by atoms with Crippen LogP contribution in [0, 0.1) is 17.1 Å². The van der Waals surface area contributed by atoms with Gasteiger partial charge in [0.25, 0.3) is 0 Å². The Bertz CT molecular complexity index is 1520. The quantitative estimate of drug-likeness (QED) is 0.296. The van der Waals surface area contributed by atoms with Crippen molar-refractivity contribution in [2.24, 2.45) is 0 Å². The molecular formula is C30H37BrFN5O4. The molecule has 2 amide bonds. The molecule has 1 fully saturated rings. The summed E-state index contributed by atoms with van der Waals surface area (Å²) >= 11 is 3.38. The Labute approximate surface area is 248 Å². The number of likely N-dealkylation sites (tertiary alicyclic amines) is 1. The molecule has 11 heteroatoms. The summed E-state index contributed by atoms with van der Waals surface area (Å²) in [6.45, 7) is 8.60. The minimum absolute atomic E-state index is 0.00890. The number of hydrogen-bond acceptors (Lipinski definition) is 6. The van der Waals surface area contributed by atoms with Crippen LogP contribution < -0.4 is 4.74 Å². The Kier molecular flexibility index (Phi) is 9.12. The lowest BCUT2D eigenvalue weighted by molar-refractivity contribution is -0.128. The smallest absolute Gasteiger partial charge is 0.410 e. The zero-order valence-corrected chi connectivity index (χ0v) is 26.1. The average molecular weight is 631 g/mol. The second-order valence-corrected chi connectivity index (χ2v) is 12.3. The summed E-state index contributed by atoms with van der Waals surface area (Å²) in [4.78, 5) is 33.4. The third-order valence-corrected chi connectivity index (χ3v) is 7.99. The molecule has 1 aliphatic rings. The maximum Gasteiger partial charge on any atom is 0.410 e. The highest BCUT2D eigenvalue weighted by molar-refractivity contribution is 9.10. The molecule has 0 N–H and O–H groups in total. The molecule has 0 bridgehead atoms. The molecule has 4 rings (SSSR count). The summed E-state index contributed by atoms with van der Waals surface area (Å²) in [5.41, 5.74) is 1.83. The normalized spacial score (nSPS) is 15.4. The van der Waals surface area contributed by atoms with Crippen molar-refractivity contribution in [1.29, 1.82) is 5.26 Å². The maximum atomic E-state index is 15.8. The number of pyridine rings is 1. The van der Waals surface area contributed by atoms with Crippen molar-refractivity contribution in [3.05, 3.63) is 33.7 Å². The van der Waals surface area contributed by atoms with E-state index in [1.165, 1.54) is 0 Å². The van der Waals surface area contributed by atoms with E-state index in [2.05, 4.69) is 31.6 Å². The Morgan fingerprint density at radius 2 is 1.98 bits per heavy atom. The molecule has 1 saturated heterocycles. The summed E-state index contributed by atoms with van der Waals surface area (Å²) in [5, 5.41) is 10.5. The zero-order chi connectivity index (χ0) is 30.1. The number of carbonyl (C=O) groups excluding carboxylic acids is 2. The molecule has 3 heterocycles. The van der Waals surface area contributed by atoms with Crippen LogP contribution in [-0.2, 0) is 22.4 Å². The first-order valence-corrected chi connectivity index (χ1v) is 14.7. The minimum Gasteiger partial charge on any atom is -0.477 e. The second kappa shape index (κ2) is 12.2. The summed E-state index contributed by atoms with van der Waals surface area (Å²) in [6, 6.07) is 5.85. The van der Waals surface area contributed by atoms with Gasteiger partial charge in [-0.05, 0) is 80.6 Å². The van der Waals surface area contributed by atoms with Crippen molar-refractivity contribution < 1.29 is 23.5 Å². The molecule has 0 aliphatic carbocycles. The standard InChI is InChI=1S/C30H37BrFN5O4/c1-7-40-28-22-16-19(10-11-23(38)35(5)6)37(20-12-14-36(17-20)29(39)41-30(2,3)4)27(22)21-15-18(9-8-13-33)24(31)25(32)26(21)34-28/h15-16,20H,7-12,14,17H2,1-6H3. The molecule has 1 aliphatic heterocycles. The van der Waals surface area contributed by atoms with E-state index in [0.717, 1.165) is 16.6 Å². The molecular weight excluding hydrogens is 593 g/mol. The molecule has 3 aromatic rings. The van der Waals surface area contributed by atoms with Gasteiger partial charge in [0.1, 0.15) is 11.1 Å². The SMILES string of the molecule is CCOc1nc2c(F)c(Br)c(CCC#N)cc2c2c1cc(CCC(=O)N(C)C)n2C1CCN(C(=O)OC(C)(C)C)C1. The number of fused-ring (bicyclic) bond motifs is 3. The highest BCUT2D eigenvalue weighted by Crippen LogP contribution is 2.41. The fourth-order valence-corrected chi connectivity index (χ4v) is 5.77. The van der Waals surface area contributed by atoms with Crippen LogP contribution in [0.2, 0.25) is 0 Å². The van der Waals surface area contributed by atoms with E-state index >= 15 is 4.39 Å². The van der Waals surface area contributed by atoms with Gasteiger partial charge in [-0.2, -0.15) is 5.26 Å². The molecule has 1 aromatic carbocycles. The largest absolute Gasteiger partial charge is 0.477 e. The Hall–Kier alpha value is -3.39. The molecule has 1 unspecified atom stereocenters. The number of benzene rings is 1. The van der Waals surface area contributed by atoms with E-state index in [1.807, 2.05) is 39.8 Å². The van der Waals surface area contributed by atoms with Crippen molar-refractivity contribution in [3.63, 3.8) is 0 Å². The lowest BCUT2D eigenvalue weighted by atomic mass is 10.0. The average Bonchev–Trinajstić information content (AvgIpc) is 3.53. The summed E-state index contributed by atoms with van der Waals surface area (Å²) in [5.74, 6) is -0.214. The van der Waals surface area contributed by atoms with Gasteiger partial charge in [0.15, 0.2) is 5.82 Å². The zero-order valence-electron chi connectivity index (χ0n) is 24.5. The monoisotopic (exact) mass is 629 g/mol. The Morgan fingerprint density at radius 1 is 1.24 bits per heavy atom. The number of aromatic nitrogens is 2. The molecule has 0 spiro atoms. The van der Waals surface area contributed by atoms with Crippen LogP contribution in [-0.4, -0.2) is 70.7 Å². The van der Waals surface area contributed by atoms with Gasteiger partial charge in [-0.1, -0.05) is 0 Å². The van der Waals surface area contributed by atoms with Gasteiger partial charge in [0, 0.05) is 51.1 Å². The van der Waals surface area contributed by atoms with Crippen LogP contribution in [0.15, 0.2) is 16.6 Å². The van der Waals surface area contributed by atoms with Gasteiger partial charge < -0.3 is 23.8 Å². The Balaban J connectivity index is 1.94. The molecule has 220 valence electrons. The number of rotatable bonds is 8. The number of hydrogen-bond donors (Lipinski definition) is 0. The van der Waals surface area contributed by atoms with Crippen LogP contribution in [0.4, 0.5) is 9.18 Å². The van der Waals surface area contributed by atoms with E-state index in [-0.39, 0.29) is 40.9 Å². The van der Waals surface area contributed by atoms with Gasteiger partial charge in [0.05, 0.1) is 34.1 Å². The lowest BCUT2D eigenvalue weighted by Crippen LogP contribution is -2.35. The Morgan fingerprint density at radius 3 is 2.61 bits per heavy atom. The van der Waals surface area contributed by atoms with Gasteiger partial charge in [-0.25, -0.2) is 14.2 Å². The summed E-state index contributed by atoms with van der Waals surface area (Å²) < 4.78 is 29.8. The predicted octanol–water partition coefficient (Wildman–Crippen LogP) is 6.15. The number of amides is 2. The minimum atomic E-state index is -0.619. The lowest BCUT2D eigenvalue weighted by Gasteiger charge is -2.25. The van der Waals surface area contributed by atoms with Crippen LogP contribution in [0.1, 0.15) is 64.3 Å².